The van der Waals surface area contributed by atoms with Crippen LogP contribution in [0.4, 0.5) is 0 Å². The fourth-order valence-electron chi connectivity index (χ4n) is 2.60. The third-order valence-corrected chi connectivity index (χ3v) is 5.05. The zero-order valence-corrected chi connectivity index (χ0v) is 14.0. The fraction of sp³-hybridized carbons (Fsp3) is 0.500. The summed E-state index contributed by atoms with van der Waals surface area (Å²) in [6.07, 6.45) is 3.70. The molecule has 0 unspecified atom stereocenters. The van der Waals surface area contributed by atoms with Gasteiger partial charge in [-0.25, -0.2) is 4.98 Å². The van der Waals surface area contributed by atoms with Crippen molar-refractivity contribution in [3.63, 3.8) is 0 Å². The molecule has 1 aliphatic heterocycles. The van der Waals surface area contributed by atoms with E-state index in [9.17, 15) is 9.90 Å². The number of amides is 1. The van der Waals surface area contributed by atoms with E-state index in [2.05, 4.69) is 9.88 Å². The Morgan fingerprint density at radius 1 is 1.43 bits per heavy atom. The predicted molar refractivity (Wildman–Crippen MR) is 88.5 cm³/mol. The van der Waals surface area contributed by atoms with Gasteiger partial charge in [-0.15, -0.1) is 11.3 Å². The zero-order chi connectivity index (χ0) is 16.2. The van der Waals surface area contributed by atoms with Crippen molar-refractivity contribution in [1.29, 1.82) is 0 Å². The standard InChI is InChI=1S/C16H21N3O3S/c1-2-12(20)11-18-5-7-19(8-6-18)16(21)14-10-17-15(23-14)13-4-3-9-22-13/h3-4,9-10,12,20H,2,5-8,11H2,1H3/t12-/m0/s1. The normalized spacial score (nSPS) is 17.4. The monoisotopic (exact) mass is 335 g/mol. The molecule has 0 spiro atoms. The molecule has 7 heteroatoms. The Morgan fingerprint density at radius 3 is 2.87 bits per heavy atom. The van der Waals surface area contributed by atoms with Crippen molar-refractivity contribution >= 4 is 17.2 Å². The van der Waals surface area contributed by atoms with E-state index in [0.717, 1.165) is 24.5 Å². The lowest BCUT2D eigenvalue weighted by Crippen LogP contribution is -2.50. The zero-order valence-electron chi connectivity index (χ0n) is 13.1. The molecule has 1 N–H and O–H groups in total. The van der Waals surface area contributed by atoms with E-state index < -0.39 is 0 Å². The second kappa shape index (κ2) is 7.25. The van der Waals surface area contributed by atoms with Crippen LogP contribution < -0.4 is 0 Å². The number of aliphatic hydroxyl groups excluding tert-OH is 1. The lowest BCUT2D eigenvalue weighted by atomic mass is 10.2. The van der Waals surface area contributed by atoms with E-state index >= 15 is 0 Å². The number of thiazole rings is 1. The summed E-state index contributed by atoms with van der Waals surface area (Å²) in [7, 11) is 0. The first-order chi connectivity index (χ1) is 11.2. The van der Waals surface area contributed by atoms with Crippen molar-refractivity contribution in [1.82, 2.24) is 14.8 Å². The van der Waals surface area contributed by atoms with Gasteiger partial charge in [-0.2, -0.15) is 0 Å². The molecule has 6 nitrogen and oxygen atoms in total. The largest absolute Gasteiger partial charge is 0.462 e. The number of hydrogen-bond acceptors (Lipinski definition) is 6. The van der Waals surface area contributed by atoms with Crippen LogP contribution in [-0.4, -0.2) is 64.6 Å². The van der Waals surface area contributed by atoms with Crippen LogP contribution in [0.15, 0.2) is 29.0 Å². The maximum atomic E-state index is 12.6. The number of nitrogens with zero attached hydrogens (tertiary/aromatic N) is 3. The number of carbonyl (C=O) groups is 1. The van der Waals surface area contributed by atoms with E-state index in [0.29, 0.717) is 30.3 Å². The summed E-state index contributed by atoms with van der Waals surface area (Å²) in [5, 5.41) is 10.4. The third-order valence-electron chi connectivity index (χ3n) is 4.05. The average Bonchev–Trinajstić information content (AvgIpc) is 3.25. The summed E-state index contributed by atoms with van der Waals surface area (Å²) in [4.78, 5) is 21.5. The highest BCUT2D eigenvalue weighted by molar-refractivity contribution is 7.16. The summed E-state index contributed by atoms with van der Waals surface area (Å²) in [6.45, 7) is 5.62. The first kappa shape index (κ1) is 16.2. The molecule has 1 saturated heterocycles. The molecule has 1 atom stereocenters. The first-order valence-corrected chi connectivity index (χ1v) is 8.68. The third kappa shape index (κ3) is 3.80. The maximum absolute atomic E-state index is 12.6. The molecule has 1 aliphatic rings. The minimum Gasteiger partial charge on any atom is -0.462 e. The molecule has 0 saturated carbocycles. The van der Waals surface area contributed by atoms with Gasteiger partial charge in [-0.3, -0.25) is 9.69 Å². The Morgan fingerprint density at radius 2 is 2.22 bits per heavy atom. The summed E-state index contributed by atoms with van der Waals surface area (Å²) >= 11 is 1.36. The molecule has 0 radical (unpaired) electrons. The fourth-order valence-corrected chi connectivity index (χ4v) is 3.46. The predicted octanol–water partition coefficient (Wildman–Crippen LogP) is 1.93. The minimum absolute atomic E-state index is 0.0241. The SMILES string of the molecule is CC[C@H](O)CN1CCN(C(=O)c2cnc(-c3ccco3)s2)CC1. The van der Waals surface area contributed by atoms with Crippen molar-refractivity contribution in [2.75, 3.05) is 32.7 Å². The van der Waals surface area contributed by atoms with Gasteiger partial charge in [0.1, 0.15) is 4.88 Å². The Bertz CT molecular complexity index is 633. The van der Waals surface area contributed by atoms with E-state index in [-0.39, 0.29) is 12.0 Å². The number of aliphatic hydroxyl groups is 1. The molecule has 2 aromatic heterocycles. The maximum Gasteiger partial charge on any atom is 0.265 e. The summed E-state index contributed by atoms with van der Waals surface area (Å²) in [6, 6.07) is 3.65. The number of aromatic nitrogens is 1. The van der Waals surface area contributed by atoms with Crippen molar-refractivity contribution in [3.05, 3.63) is 29.5 Å². The highest BCUT2D eigenvalue weighted by atomic mass is 32.1. The van der Waals surface area contributed by atoms with Gasteiger partial charge in [0.25, 0.3) is 5.91 Å². The van der Waals surface area contributed by atoms with Crippen molar-refractivity contribution < 1.29 is 14.3 Å². The number of hydrogen-bond donors (Lipinski definition) is 1. The first-order valence-electron chi connectivity index (χ1n) is 7.86. The molecule has 3 rings (SSSR count). The molecule has 23 heavy (non-hydrogen) atoms. The minimum atomic E-state index is -0.283. The number of furan rings is 1. The molecule has 0 aromatic carbocycles. The molecule has 1 fully saturated rings. The Kier molecular flexibility index (Phi) is 5.09. The van der Waals surface area contributed by atoms with E-state index in [1.807, 2.05) is 24.0 Å². The van der Waals surface area contributed by atoms with E-state index in [1.54, 1.807) is 12.5 Å². The topological polar surface area (TPSA) is 69.8 Å². The molecular formula is C16H21N3O3S. The second-order valence-corrected chi connectivity index (χ2v) is 6.69. The lowest BCUT2D eigenvalue weighted by Gasteiger charge is -2.35. The Labute approximate surface area is 139 Å². The number of rotatable bonds is 5. The van der Waals surface area contributed by atoms with Crippen LogP contribution in [0.2, 0.25) is 0 Å². The smallest absolute Gasteiger partial charge is 0.265 e. The lowest BCUT2D eigenvalue weighted by molar-refractivity contribution is 0.0527. The van der Waals surface area contributed by atoms with Crippen LogP contribution in [0.1, 0.15) is 23.0 Å². The van der Waals surface area contributed by atoms with Gasteiger partial charge in [-0.05, 0) is 18.6 Å². The molecular weight excluding hydrogens is 314 g/mol. The van der Waals surface area contributed by atoms with Crippen LogP contribution >= 0.6 is 11.3 Å². The summed E-state index contributed by atoms with van der Waals surface area (Å²) < 4.78 is 5.31. The molecule has 3 heterocycles. The Balaban J connectivity index is 1.57. The summed E-state index contributed by atoms with van der Waals surface area (Å²) in [5.74, 6) is 0.711. The van der Waals surface area contributed by atoms with E-state index in [1.165, 1.54) is 11.3 Å². The van der Waals surface area contributed by atoms with E-state index in [4.69, 9.17) is 4.42 Å². The molecule has 0 aliphatic carbocycles. The van der Waals surface area contributed by atoms with Crippen molar-refractivity contribution in [3.8, 4) is 10.8 Å². The molecule has 1 amide bonds. The van der Waals surface area contributed by atoms with Crippen LogP contribution in [0.5, 0.6) is 0 Å². The van der Waals surface area contributed by atoms with Gasteiger partial charge in [0.15, 0.2) is 10.8 Å². The van der Waals surface area contributed by atoms with Gasteiger partial charge in [-0.1, -0.05) is 6.92 Å². The van der Waals surface area contributed by atoms with Gasteiger partial charge in [0, 0.05) is 32.7 Å². The summed E-state index contributed by atoms with van der Waals surface area (Å²) in [5.41, 5.74) is 0. The molecule has 2 aromatic rings. The highest BCUT2D eigenvalue weighted by Crippen LogP contribution is 2.26. The Hall–Kier alpha value is -1.70. The van der Waals surface area contributed by atoms with Gasteiger partial charge in [0.2, 0.25) is 0 Å². The number of β-amino-alcohol motifs (C(OH)–C–C–N with tert-alkyl or cyclic N) is 1. The number of carbonyl (C=O) groups excluding carboxylic acids is 1. The van der Waals surface area contributed by atoms with Crippen LogP contribution in [0, 0.1) is 0 Å². The molecule has 0 bridgehead atoms. The average molecular weight is 335 g/mol. The molecule has 124 valence electrons. The van der Waals surface area contributed by atoms with Crippen LogP contribution in [0.25, 0.3) is 10.8 Å². The van der Waals surface area contributed by atoms with Crippen LogP contribution in [0.3, 0.4) is 0 Å². The van der Waals surface area contributed by atoms with Crippen molar-refractivity contribution in [2.45, 2.75) is 19.4 Å². The van der Waals surface area contributed by atoms with Crippen molar-refractivity contribution in [2.24, 2.45) is 0 Å². The van der Waals surface area contributed by atoms with Crippen LogP contribution in [-0.2, 0) is 0 Å². The number of piperazine rings is 1. The van der Waals surface area contributed by atoms with Gasteiger partial charge < -0.3 is 14.4 Å². The highest BCUT2D eigenvalue weighted by Gasteiger charge is 2.24. The van der Waals surface area contributed by atoms with Gasteiger partial charge >= 0.3 is 0 Å². The quantitative estimate of drug-likeness (QED) is 0.904. The van der Waals surface area contributed by atoms with Gasteiger partial charge in [0.05, 0.1) is 18.6 Å². The second-order valence-electron chi connectivity index (χ2n) is 5.66.